The maximum Gasteiger partial charge on any atom is 0.471 e. The van der Waals surface area contributed by atoms with Crippen LogP contribution in [0.4, 0.5) is 27.6 Å². The molecule has 5 rings (SSSR count). The fourth-order valence-electron chi connectivity index (χ4n) is 6.71. The highest BCUT2D eigenvalue weighted by molar-refractivity contribution is 6.34. The number of halogens is 6. The molecule has 0 radical (unpaired) electrons. The van der Waals surface area contributed by atoms with Gasteiger partial charge in [-0.25, -0.2) is 9.29 Å². The summed E-state index contributed by atoms with van der Waals surface area (Å²) >= 11 is 6.37. The van der Waals surface area contributed by atoms with Gasteiger partial charge in [0.2, 0.25) is 5.78 Å². The smallest absolute Gasteiger partial charge is 0.469 e. The number of ketones is 1. The summed E-state index contributed by atoms with van der Waals surface area (Å²) in [5, 5.41) is 2.96. The predicted molar refractivity (Wildman–Crippen MR) is 166 cm³/mol. The lowest BCUT2D eigenvalue weighted by Crippen LogP contribution is -2.68. The molecule has 9 nitrogen and oxygen atoms in total. The predicted octanol–water partition coefficient (Wildman–Crippen LogP) is 6.18. The summed E-state index contributed by atoms with van der Waals surface area (Å²) in [7, 11) is 2.92. The zero-order valence-corrected chi connectivity index (χ0v) is 27.0. The van der Waals surface area contributed by atoms with Crippen LogP contribution in [0.5, 0.6) is 0 Å². The lowest BCUT2D eigenvalue weighted by molar-refractivity contribution is -0.224. The Morgan fingerprint density at radius 1 is 1.02 bits per heavy atom. The second-order valence-corrected chi connectivity index (χ2v) is 12.5. The minimum Gasteiger partial charge on any atom is -0.469 e. The van der Waals surface area contributed by atoms with E-state index in [9.17, 15) is 32.3 Å². The van der Waals surface area contributed by atoms with Crippen LogP contribution in [0, 0.1) is 11.7 Å². The molecule has 258 valence electrons. The number of anilines is 1. The van der Waals surface area contributed by atoms with Crippen molar-refractivity contribution in [2.75, 3.05) is 25.5 Å². The van der Waals surface area contributed by atoms with Crippen molar-refractivity contribution in [3.05, 3.63) is 64.6 Å². The molecule has 2 fully saturated rings. The third-order valence-corrected chi connectivity index (χ3v) is 9.45. The lowest BCUT2D eigenvalue weighted by atomic mass is 9.84. The Morgan fingerprint density at radius 3 is 2.29 bits per heavy atom. The van der Waals surface area contributed by atoms with E-state index < -0.39 is 65.4 Å². The number of carbonyl (C=O) groups is 4. The molecule has 3 aromatic rings. The number of fused-ring (bicyclic) bond motifs is 1. The third kappa shape index (κ3) is 6.77. The summed E-state index contributed by atoms with van der Waals surface area (Å²) in [4.78, 5) is 52.8. The number of methoxy groups -OCH3 is 1. The van der Waals surface area contributed by atoms with Crippen molar-refractivity contribution < 1.29 is 45.9 Å². The number of nitrogens with zero attached hydrogens (tertiary/aromatic N) is 3. The number of aromatic nitrogens is 1. The minimum absolute atomic E-state index is 0.0133. The minimum atomic E-state index is -5.53. The zero-order valence-electron chi connectivity index (χ0n) is 26.2. The summed E-state index contributed by atoms with van der Waals surface area (Å²) in [6.07, 6.45) is -4.64. The topological polar surface area (TPSA) is 101 Å². The standard InChI is InChI=1S/C33H34ClF5N4O5/c1-41-18-23(22-7-3-4-8-27(22)41)29(45)40-26-17-25(35)20(15-24(26)34)16-28(44)33(39,42-13-5-6-14-42)43(31(47)32(36,37)38)21-11-9-19(10-12-21)30(46)48-2/h3-4,7-8,15,17-19,21H,5-6,9-14,16H2,1-2H3,(H,40,45)/t19-,21-,33?. The van der Waals surface area contributed by atoms with E-state index in [0.717, 1.165) is 22.5 Å². The number of amides is 2. The summed E-state index contributed by atoms with van der Waals surface area (Å²) in [6, 6.07) is 7.57. The SMILES string of the molecule is COC(=O)[C@H]1CC[C@H](N(C(=O)C(F)(F)F)C(F)(C(=O)Cc2cc(Cl)c(NC(=O)c3cn(C)c4ccccc34)cc2F)N2CCCC2)CC1. The second-order valence-electron chi connectivity index (χ2n) is 12.1. The maximum atomic E-state index is 17.4. The first-order chi connectivity index (χ1) is 22.7. The van der Waals surface area contributed by atoms with Crippen LogP contribution in [-0.2, 0) is 32.6 Å². The number of carbonyl (C=O) groups excluding carboxylic acids is 4. The Hall–Kier alpha value is -4.04. The number of Topliss-reactive ketones (excluding diaryl/α,β-unsaturated/α-hetero) is 1. The Labute approximate surface area is 277 Å². The molecule has 2 aromatic carbocycles. The first-order valence-electron chi connectivity index (χ1n) is 15.5. The van der Waals surface area contributed by atoms with Gasteiger partial charge in [0.05, 0.1) is 29.3 Å². The molecular weight excluding hydrogens is 663 g/mol. The summed E-state index contributed by atoms with van der Waals surface area (Å²) < 4.78 is 81.4. The van der Waals surface area contributed by atoms with Gasteiger partial charge in [-0.15, -0.1) is 0 Å². The van der Waals surface area contributed by atoms with E-state index >= 15 is 8.78 Å². The van der Waals surface area contributed by atoms with Gasteiger partial charge >= 0.3 is 24.0 Å². The fraction of sp³-hybridized carbons (Fsp3) is 0.455. The van der Waals surface area contributed by atoms with E-state index in [1.54, 1.807) is 36.0 Å². The van der Waals surface area contributed by atoms with E-state index in [1.807, 2.05) is 6.07 Å². The Bertz CT molecular complexity index is 1730. The number of esters is 1. The molecule has 2 heterocycles. The number of aryl methyl sites for hydroxylation is 1. The van der Waals surface area contributed by atoms with Crippen LogP contribution in [0.2, 0.25) is 5.02 Å². The molecule has 1 aromatic heterocycles. The number of hydrogen-bond acceptors (Lipinski definition) is 6. The third-order valence-electron chi connectivity index (χ3n) is 9.13. The van der Waals surface area contributed by atoms with E-state index in [0.29, 0.717) is 18.2 Å². The van der Waals surface area contributed by atoms with Crippen LogP contribution >= 0.6 is 11.6 Å². The van der Waals surface area contributed by atoms with Crippen LogP contribution < -0.4 is 5.32 Å². The molecule has 0 spiro atoms. The molecule has 1 N–H and O–H groups in total. The van der Waals surface area contributed by atoms with E-state index in [1.165, 1.54) is 7.11 Å². The molecule has 1 saturated carbocycles. The molecule has 2 amide bonds. The lowest BCUT2D eigenvalue weighted by Gasteiger charge is -2.47. The van der Waals surface area contributed by atoms with Crippen LogP contribution in [0.25, 0.3) is 10.9 Å². The van der Waals surface area contributed by atoms with Crippen molar-refractivity contribution in [1.29, 1.82) is 0 Å². The molecule has 1 aliphatic carbocycles. The van der Waals surface area contributed by atoms with Crippen molar-refractivity contribution in [1.82, 2.24) is 14.4 Å². The number of likely N-dealkylation sites (tertiary alicyclic amines) is 1. The van der Waals surface area contributed by atoms with Crippen molar-refractivity contribution >= 4 is 51.8 Å². The molecule has 2 aliphatic rings. The second kappa shape index (κ2) is 13.8. The van der Waals surface area contributed by atoms with Crippen LogP contribution in [-0.4, -0.2) is 76.3 Å². The van der Waals surface area contributed by atoms with Crippen LogP contribution in [0.3, 0.4) is 0 Å². The average Bonchev–Trinajstić information content (AvgIpc) is 3.72. The highest BCUT2D eigenvalue weighted by Gasteiger charge is 2.60. The number of alkyl halides is 4. The molecule has 15 heteroatoms. The van der Waals surface area contributed by atoms with Crippen LogP contribution in [0.15, 0.2) is 42.6 Å². The molecule has 1 unspecified atom stereocenters. The van der Waals surface area contributed by atoms with Gasteiger partial charge < -0.3 is 14.6 Å². The van der Waals surface area contributed by atoms with Crippen molar-refractivity contribution in [2.24, 2.45) is 13.0 Å². The highest BCUT2D eigenvalue weighted by atomic mass is 35.5. The normalized spacial score (nSPS) is 19.9. The molecular formula is C33H34ClF5N4O5. The first kappa shape index (κ1) is 35.3. The number of benzene rings is 2. The van der Waals surface area contributed by atoms with E-state index in [4.69, 9.17) is 16.3 Å². The van der Waals surface area contributed by atoms with Crippen molar-refractivity contribution in [3.63, 3.8) is 0 Å². The van der Waals surface area contributed by atoms with Crippen molar-refractivity contribution in [2.45, 2.75) is 63.1 Å². The summed E-state index contributed by atoms with van der Waals surface area (Å²) in [5.74, 6) is -10.5. The van der Waals surface area contributed by atoms with Crippen molar-refractivity contribution in [3.8, 4) is 0 Å². The quantitative estimate of drug-likeness (QED) is 0.163. The molecule has 1 saturated heterocycles. The van der Waals surface area contributed by atoms with Gasteiger partial charge in [-0.1, -0.05) is 29.8 Å². The van der Waals surface area contributed by atoms with Gasteiger partial charge in [-0.2, -0.15) is 17.6 Å². The molecule has 48 heavy (non-hydrogen) atoms. The number of nitrogens with one attached hydrogen (secondary N) is 1. The number of ether oxygens (including phenoxy) is 1. The fourth-order valence-corrected chi connectivity index (χ4v) is 6.94. The molecule has 1 atom stereocenters. The van der Waals surface area contributed by atoms with Gasteiger partial charge in [0.15, 0.2) is 0 Å². The number of hydrogen-bond donors (Lipinski definition) is 1. The zero-order chi connectivity index (χ0) is 35.0. The van der Waals surface area contributed by atoms with Gasteiger partial charge in [0.25, 0.3) is 5.91 Å². The van der Waals surface area contributed by atoms with Crippen LogP contribution in [0.1, 0.15) is 54.4 Å². The number of rotatable bonds is 9. The van der Waals surface area contributed by atoms with E-state index in [2.05, 4.69) is 5.32 Å². The Kier molecular flexibility index (Phi) is 10.2. The van der Waals surface area contributed by atoms with Gasteiger partial charge in [-0.05, 0) is 62.3 Å². The Balaban J connectivity index is 1.44. The first-order valence-corrected chi connectivity index (χ1v) is 15.8. The largest absolute Gasteiger partial charge is 0.471 e. The molecule has 0 bridgehead atoms. The molecule has 1 aliphatic heterocycles. The van der Waals surface area contributed by atoms with Gasteiger partial charge in [-0.3, -0.25) is 24.1 Å². The summed E-state index contributed by atoms with van der Waals surface area (Å²) in [5.41, 5.74) is 0.469. The Morgan fingerprint density at radius 2 is 1.67 bits per heavy atom. The average molecular weight is 697 g/mol. The number of para-hydroxylation sites is 1. The highest BCUT2D eigenvalue weighted by Crippen LogP contribution is 2.40. The maximum absolute atomic E-state index is 17.4. The van der Waals surface area contributed by atoms with Gasteiger partial charge in [0, 0.05) is 49.7 Å². The monoisotopic (exact) mass is 696 g/mol. The summed E-state index contributed by atoms with van der Waals surface area (Å²) in [6.45, 7) is -0.243. The van der Waals surface area contributed by atoms with E-state index in [-0.39, 0.29) is 59.9 Å². The van der Waals surface area contributed by atoms with Gasteiger partial charge in [0.1, 0.15) is 5.82 Å².